The minimum Gasteiger partial charge on any atom is -0.369 e. The summed E-state index contributed by atoms with van der Waals surface area (Å²) in [4.78, 5) is 9.11. The molecule has 28 heavy (non-hydrogen) atoms. The van der Waals surface area contributed by atoms with Gasteiger partial charge in [-0.3, -0.25) is 0 Å². The van der Waals surface area contributed by atoms with Gasteiger partial charge in [-0.2, -0.15) is 0 Å². The zero-order valence-electron chi connectivity index (χ0n) is 16.0. The Balaban J connectivity index is 1.39. The molecular weight excluding hydrogens is 348 g/mol. The minimum absolute atomic E-state index is 0.408. The highest BCUT2D eigenvalue weighted by Gasteiger charge is 2.24. The Morgan fingerprint density at radius 1 is 0.643 bits per heavy atom. The molecule has 0 aliphatic heterocycles. The van der Waals surface area contributed by atoms with Crippen LogP contribution in [-0.4, -0.2) is 19.1 Å². The lowest BCUT2D eigenvalue weighted by Crippen LogP contribution is -2.18. The second-order valence-corrected chi connectivity index (χ2v) is 7.83. The molecular formula is C22H26N6. The van der Waals surface area contributed by atoms with Crippen LogP contribution in [0.2, 0.25) is 0 Å². The molecule has 0 bridgehead atoms. The largest absolute Gasteiger partial charge is 0.369 e. The van der Waals surface area contributed by atoms with Crippen molar-refractivity contribution in [2.45, 2.75) is 50.6 Å². The van der Waals surface area contributed by atoms with Crippen LogP contribution in [0.3, 0.4) is 0 Å². The molecule has 4 aromatic rings. The molecule has 1 fully saturated rings. The van der Waals surface area contributed by atoms with Crippen molar-refractivity contribution in [2.24, 2.45) is 0 Å². The summed E-state index contributed by atoms with van der Waals surface area (Å²) in [6.07, 6.45) is 6.68. The van der Waals surface area contributed by atoms with Crippen molar-refractivity contribution in [1.29, 1.82) is 0 Å². The minimum atomic E-state index is 0.408. The molecule has 144 valence electrons. The van der Waals surface area contributed by atoms with E-state index in [1.807, 2.05) is 24.3 Å². The number of hydrogen-bond donors (Lipinski definition) is 2. The van der Waals surface area contributed by atoms with E-state index >= 15 is 0 Å². The van der Waals surface area contributed by atoms with Gasteiger partial charge in [0, 0.05) is 12.1 Å². The molecule has 1 aliphatic carbocycles. The summed E-state index contributed by atoms with van der Waals surface area (Å²) in [5, 5.41) is 0. The first kappa shape index (κ1) is 17.1. The number of imidazole rings is 2. The highest BCUT2D eigenvalue weighted by molar-refractivity contribution is 5.79. The number of nitrogens with two attached hydrogens (primary N) is 2. The van der Waals surface area contributed by atoms with Crippen LogP contribution in [0.1, 0.15) is 50.6 Å². The third-order valence-electron chi connectivity index (χ3n) is 6.13. The van der Waals surface area contributed by atoms with Crippen molar-refractivity contribution in [3.8, 4) is 0 Å². The van der Waals surface area contributed by atoms with Crippen LogP contribution in [0.5, 0.6) is 0 Å². The van der Waals surface area contributed by atoms with Gasteiger partial charge in [-0.05, 0) is 62.8 Å². The Morgan fingerprint density at radius 3 is 1.46 bits per heavy atom. The van der Waals surface area contributed by atoms with Gasteiger partial charge in [-0.25, -0.2) is 9.97 Å². The predicted octanol–water partition coefficient (Wildman–Crippen LogP) is 4.69. The summed E-state index contributed by atoms with van der Waals surface area (Å²) in [6, 6.07) is 17.3. The number of hydrogen-bond acceptors (Lipinski definition) is 4. The second-order valence-electron chi connectivity index (χ2n) is 7.83. The molecule has 6 nitrogen and oxygen atoms in total. The molecule has 2 aromatic heterocycles. The van der Waals surface area contributed by atoms with E-state index in [1.54, 1.807) is 0 Å². The zero-order chi connectivity index (χ0) is 19.1. The average molecular weight is 374 g/mol. The van der Waals surface area contributed by atoms with E-state index in [9.17, 15) is 0 Å². The number of anilines is 2. The Morgan fingerprint density at radius 2 is 1.04 bits per heavy atom. The molecule has 0 unspecified atom stereocenters. The molecule has 0 saturated heterocycles. The number of nitrogen functional groups attached to an aromatic ring is 2. The second kappa shape index (κ2) is 6.86. The smallest absolute Gasteiger partial charge is 0.201 e. The van der Waals surface area contributed by atoms with Crippen molar-refractivity contribution in [1.82, 2.24) is 19.1 Å². The number of nitrogens with zero attached hydrogens (tertiary/aromatic N) is 4. The first-order chi connectivity index (χ1) is 13.7. The summed E-state index contributed by atoms with van der Waals surface area (Å²) in [7, 11) is 0. The third kappa shape index (κ3) is 2.80. The van der Waals surface area contributed by atoms with Crippen LogP contribution < -0.4 is 11.5 Å². The molecule has 0 spiro atoms. The van der Waals surface area contributed by atoms with Gasteiger partial charge in [0.25, 0.3) is 0 Å². The fourth-order valence-corrected chi connectivity index (χ4v) is 4.88. The molecule has 2 aromatic carbocycles. The maximum atomic E-state index is 6.28. The van der Waals surface area contributed by atoms with Crippen molar-refractivity contribution >= 4 is 34.0 Å². The van der Waals surface area contributed by atoms with E-state index < -0.39 is 0 Å². The third-order valence-corrected chi connectivity index (χ3v) is 6.13. The molecule has 2 heterocycles. The summed E-state index contributed by atoms with van der Waals surface area (Å²) >= 11 is 0. The maximum absolute atomic E-state index is 6.28. The number of aromatic nitrogens is 4. The fourth-order valence-electron chi connectivity index (χ4n) is 4.88. The summed E-state index contributed by atoms with van der Waals surface area (Å²) in [5.41, 5.74) is 16.8. The Bertz CT molecular complexity index is 1030. The molecule has 0 radical (unpaired) electrons. The Kier molecular flexibility index (Phi) is 4.19. The standard InChI is InChI=1S/C22H26N6/c23-21-25-17-11-1-3-13-19(17)27(21)15-7-5-9-16(10-6-8-15)28-20-14-4-2-12-18(20)26-22(28)24/h1-4,11-16H,5-10H2,(H2,23,25)(H2,24,26)/t15-,16+. The molecule has 6 heteroatoms. The van der Waals surface area contributed by atoms with Gasteiger partial charge in [-0.15, -0.1) is 0 Å². The normalized spacial score (nSPS) is 21.0. The Labute approximate surface area is 164 Å². The number of para-hydroxylation sites is 4. The van der Waals surface area contributed by atoms with Gasteiger partial charge in [0.1, 0.15) is 0 Å². The summed E-state index contributed by atoms with van der Waals surface area (Å²) in [6.45, 7) is 0. The van der Waals surface area contributed by atoms with E-state index in [4.69, 9.17) is 11.5 Å². The maximum Gasteiger partial charge on any atom is 0.201 e. The van der Waals surface area contributed by atoms with E-state index in [1.165, 1.54) is 0 Å². The highest BCUT2D eigenvalue weighted by Crippen LogP contribution is 2.37. The lowest BCUT2D eigenvalue weighted by atomic mass is 9.93. The quantitative estimate of drug-likeness (QED) is 0.533. The van der Waals surface area contributed by atoms with E-state index in [0.717, 1.165) is 60.6 Å². The van der Waals surface area contributed by atoms with E-state index in [2.05, 4.69) is 43.4 Å². The average Bonchev–Trinajstić information content (AvgIpc) is 3.18. The van der Waals surface area contributed by atoms with Crippen LogP contribution >= 0.6 is 0 Å². The predicted molar refractivity (Wildman–Crippen MR) is 114 cm³/mol. The zero-order valence-corrected chi connectivity index (χ0v) is 16.0. The highest BCUT2D eigenvalue weighted by atomic mass is 15.2. The van der Waals surface area contributed by atoms with Crippen LogP contribution in [-0.2, 0) is 0 Å². The number of rotatable bonds is 2. The summed E-state index contributed by atoms with van der Waals surface area (Å²) in [5.74, 6) is 1.27. The lowest BCUT2D eigenvalue weighted by molar-refractivity contribution is 0.324. The van der Waals surface area contributed by atoms with Crippen molar-refractivity contribution in [3.05, 3.63) is 48.5 Å². The lowest BCUT2D eigenvalue weighted by Gasteiger charge is -2.28. The van der Waals surface area contributed by atoms with Crippen molar-refractivity contribution < 1.29 is 0 Å². The van der Waals surface area contributed by atoms with Gasteiger partial charge in [0.05, 0.1) is 22.1 Å². The van der Waals surface area contributed by atoms with Crippen LogP contribution in [0.25, 0.3) is 22.1 Å². The molecule has 1 saturated carbocycles. The van der Waals surface area contributed by atoms with Crippen molar-refractivity contribution in [2.75, 3.05) is 11.5 Å². The SMILES string of the molecule is Nc1nc2ccccc2n1[C@H]1CCC[C@@H](n2c(N)nc3ccccc32)CCC1. The molecule has 1 aliphatic rings. The first-order valence-electron chi connectivity index (χ1n) is 10.2. The van der Waals surface area contributed by atoms with Crippen molar-refractivity contribution in [3.63, 3.8) is 0 Å². The molecule has 5 rings (SSSR count). The monoisotopic (exact) mass is 374 g/mol. The van der Waals surface area contributed by atoms with Gasteiger partial charge >= 0.3 is 0 Å². The molecule has 0 atom stereocenters. The molecule has 4 N–H and O–H groups in total. The number of benzene rings is 2. The van der Waals surface area contributed by atoms with Crippen LogP contribution in [0.15, 0.2) is 48.5 Å². The van der Waals surface area contributed by atoms with E-state index in [0.29, 0.717) is 24.0 Å². The first-order valence-corrected chi connectivity index (χ1v) is 10.2. The number of fused-ring (bicyclic) bond motifs is 2. The van der Waals surface area contributed by atoms with Gasteiger partial charge in [0.2, 0.25) is 11.9 Å². The fraction of sp³-hybridized carbons (Fsp3) is 0.364. The van der Waals surface area contributed by atoms with Gasteiger partial charge in [0.15, 0.2) is 0 Å². The van der Waals surface area contributed by atoms with Gasteiger partial charge in [-0.1, -0.05) is 24.3 Å². The van der Waals surface area contributed by atoms with E-state index in [-0.39, 0.29) is 0 Å². The van der Waals surface area contributed by atoms with Crippen LogP contribution in [0, 0.1) is 0 Å². The topological polar surface area (TPSA) is 87.7 Å². The Hall–Kier alpha value is -3.02. The van der Waals surface area contributed by atoms with Gasteiger partial charge < -0.3 is 20.6 Å². The molecule has 0 amide bonds. The van der Waals surface area contributed by atoms with Crippen LogP contribution in [0.4, 0.5) is 11.9 Å². The summed E-state index contributed by atoms with van der Waals surface area (Å²) < 4.78 is 4.49.